The zero-order chi connectivity index (χ0) is 8.81. The summed E-state index contributed by atoms with van der Waals surface area (Å²) in [6.45, 7) is 3.58. The average molecular weight is 201 g/mol. The zero-order valence-electron chi connectivity index (χ0n) is 8.01. The van der Waals surface area contributed by atoms with Crippen LogP contribution in [0.25, 0.3) is 0 Å². The number of rotatable bonds is 4. The largest absolute Gasteiger partial charge is 1.00 e. The molecule has 0 aromatic heterocycles. The number of para-hydroxylation sites is 1. The van der Waals surface area contributed by atoms with E-state index in [9.17, 15) is 0 Å². The summed E-state index contributed by atoms with van der Waals surface area (Å²) in [5, 5.41) is 3.10. The van der Waals surface area contributed by atoms with E-state index >= 15 is 0 Å². The highest BCUT2D eigenvalue weighted by molar-refractivity contribution is 5.33. The van der Waals surface area contributed by atoms with Gasteiger partial charge in [-0.2, -0.15) is 0 Å². The van der Waals surface area contributed by atoms with Gasteiger partial charge >= 0.3 is 0 Å². The van der Waals surface area contributed by atoms with Crippen LogP contribution >= 0.6 is 0 Å². The maximum absolute atomic E-state index is 5.45. The first-order valence-corrected chi connectivity index (χ1v) is 4.23. The molecule has 0 spiro atoms. The Morgan fingerprint density at radius 1 is 1.31 bits per heavy atom. The number of halogens is 1. The molecule has 74 valence electrons. The molecule has 0 heterocycles. The minimum absolute atomic E-state index is 0. The van der Waals surface area contributed by atoms with Crippen LogP contribution in [0, 0.1) is 0 Å². The van der Waals surface area contributed by atoms with Crippen LogP contribution in [-0.2, 0) is 6.54 Å². The Bertz CT molecular complexity index is 215. The minimum Gasteiger partial charge on any atom is -1.00 e. The quantitative estimate of drug-likeness (QED) is 0.660. The Kier molecular flexibility index (Phi) is 6.37. The van der Waals surface area contributed by atoms with Crippen molar-refractivity contribution in [1.82, 2.24) is 5.32 Å². The SMILES string of the molecule is CCOc1ccccc1CNC.[Cl-]. The second-order valence-electron chi connectivity index (χ2n) is 2.57. The number of benzene rings is 1. The summed E-state index contributed by atoms with van der Waals surface area (Å²) in [4.78, 5) is 0. The van der Waals surface area contributed by atoms with E-state index < -0.39 is 0 Å². The number of hydrogen-bond donors (Lipinski definition) is 1. The number of ether oxygens (including phenoxy) is 1. The molecule has 1 N–H and O–H groups in total. The topological polar surface area (TPSA) is 21.3 Å². The van der Waals surface area contributed by atoms with Crippen LogP contribution in [0.1, 0.15) is 12.5 Å². The number of nitrogens with one attached hydrogen (secondary N) is 1. The lowest BCUT2D eigenvalue weighted by atomic mass is 10.2. The third-order valence-electron chi connectivity index (χ3n) is 1.64. The van der Waals surface area contributed by atoms with Gasteiger partial charge in [-0.05, 0) is 20.0 Å². The second kappa shape index (κ2) is 6.75. The molecule has 1 rings (SSSR count). The molecule has 0 saturated carbocycles. The van der Waals surface area contributed by atoms with Crippen molar-refractivity contribution in [2.75, 3.05) is 13.7 Å². The first kappa shape index (κ1) is 12.3. The lowest BCUT2D eigenvalue weighted by molar-refractivity contribution is -0.00000309. The molecule has 0 aliphatic carbocycles. The maximum Gasteiger partial charge on any atom is 0.123 e. The molecule has 0 aliphatic heterocycles. The molecule has 0 radical (unpaired) electrons. The highest BCUT2D eigenvalue weighted by Gasteiger charge is 1.99. The van der Waals surface area contributed by atoms with E-state index in [1.165, 1.54) is 5.56 Å². The fourth-order valence-electron chi connectivity index (χ4n) is 1.14. The molecular formula is C10H15ClNO-. The Morgan fingerprint density at radius 3 is 2.62 bits per heavy atom. The summed E-state index contributed by atoms with van der Waals surface area (Å²) in [6, 6.07) is 8.08. The van der Waals surface area contributed by atoms with Gasteiger partial charge in [-0.25, -0.2) is 0 Å². The Balaban J connectivity index is 0.00000144. The van der Waals surface area contributed by atoms with E-state index in [2.05, 4.69) is 11.4 Å². The Hall–Kier alpha value is -0.730. The molecule has 0 aliphatic rings. The zero-order valence-corrected chi connectivity index (χ0v) is 8.77. The predicted molar refractivity (Wildman–Crippen MR) is 50.4 cm³/mol. The van der Waals surface area contributed by atoms with Crippen LogP contribution in [-0.4, -0.2) is 13.7 Å². The standard InChI is InChI=1S/C10H15NO.ClH/c1-3-12-10-7-5-4-6-9(10)8-11-2;/h4-7,11H,3,8H2,1-2H3;1H/p-1. The summed E-state index contributed by atoms with van der Waals surface area (Å²) in [5.41, 5.74) is 1.21. The Labute approximate surface area is 85.7 Å². The molecule has 0 unspecified atom stereocenters. The van der Waals surface area contributed by atoms with E-state index in [0.29, 0.717) is 0 Å². The van der Waals surface area contributed by atoms with Crippen LogP contribution in [0.3, 0.4) is 0 Å². The summed E-state index contributed by atoms with van der Waals surface area (Å²) in [5.74, 6) is 0.981. The smallest absolute Gasteiger partial charge is 0.123 e. The lowest BCUT2D eigenvalue weighted by Gasteiger charge is -2.08. The fraction of sp³-hybridized carbons (Fsp3) is 0.400. The third-order valence-corrected chi connectivity index (χ3v) is 1.64. The van der Waals surface area contributed by atoms with Gasteiger partial charge < -0.3 is 22.5 Å². The molecule has 0 amide bonds. The van der Waals surface area contributed by atoms with Gasteiger partial charge in [-0.15, -0.1) is 0 Å². The van der Waals surface area contributed by atoms with Gasteiger partial charge in [-0.3, -0.25) is 0 Å². The molecule has 0 atom stereocenters. The molecule has 0 bridgehead atoms. The van der Waals surface area contributed by atoms with Crippen LogP contribution < -0.4 is 22.5 Å². The van der Waals surface area contributed by atoms with Gasteiger partial charge in [0.1, 0.15) is 5.75 Å². The first-order valence-electron chi connectivity index (χ1n) is 4.23. The predicted octanol–water partition coefficient (Wildman–Crippen LogP) is -1.19. The van der Waals surface area contributed by atoms with E-state index in [-0.39, 0.29) is 12.4 Å². The van der Waals surface area contributed by atoms with Gasteiger partial charge in [0.25, 0.3) is 0 Å². The van der Waals surface area contributed by atoms with Crippen LogP contribution in [0.2, 0.25) is 0 Å². The van der Waals surface area contributed by atoms with Crippen molar-refractivity contribution in [2.45, 2.75) is 13.5 Å². The van der Waals surface area contributed by atoms with Crippen molar-refractivity contribution >= 4 is 0 Å². The van der Waals surface area contributed by atoms with Crippen LogP contribution in [0.4, 0.5) is 0 Å². The summed E-state index contributed by atoms with van der Waals surface area (Å²) >= 11 is 0. The molecule has 1 aromatic rings. The fourth-order valence-corrected chi connectivity index (χ4v) is 1.14. The molecular weight excluding hydrogens is 186 g/mol. The van der Waals surface area contributed by atoms with Crippen molar-refractivity contribution in [2.24, 2.45) is 0 Å². The van der Waals surface area contributed by atoms with Crippen LogP contribution in [0.15, 0.2) is 24.3 Å². The van der Waals surface area contributed by atoms with Gasteiger partial charge in [0.15, 0.2) is 0 Å². The molecule has 1 aromatic carbocycles. The van der Waals surface area contributed by atoms with E-state index in [1.54, 1.807) is 0 Å². The van der Waals surface area contributed by atoms with Gasteiger partial charge in [-0.1, -0.05) is 18.2 Å². The maximum atomic E-state index is 5.45. The first-order chi connectivity index (χ1) is 5.88. The monoisotopic (exact) mass is 200 g/mol. The third kappa shape index (κ3) is 3.66. The molecule has 0 saturated heterocycles. The second-order valence-corrected chi connectivity index (χ2v) is 2.57. The summed E-state index contributed by atoms with van der Waals surface area (Å²) in [7, 11) is 1.93. The van der Waals surface area contributed by atoms with E-state index in [0.717, 1.165) is 18.9 Å². The van der Waals surface area contributed by atoms with Gasteiger partial charge in [0, 0.05) is 12.1 Å². The van der Waals surface area contributed by atoms with Crippen LogP contribution in [0.5, 0.6) is 5.75 Å². The number of hydrogen-bond acceptors (Lipinski definition) is 2. The van der Waals surface area contributed by atoms with Crippen molar-refractivity contribution in [1.29, 1.82) is 0 Å². The van der Waals surface area contributed by atoms with E-state index in [1.807, 2.05) is 32.2 Å². The average Bonchev–Trinajstić information content (AvgIpc) is 2.09. The normalized spacial score (nSPS) is 9.08. The van der Waals surface area contributed by atoms with Crippen molar-refractivity contribution < 1.29 is 17.1 Å². The highest BCUT2D eigenvalue weighted by atomic mass is 35.5. The lowest BCUT2D eigenvalue weighted by Crippen LogP contribution is -3.00. The van der Waals surface area contributed by atoms with Crippen molar-refractivity contribution in [3.8, 4) is 5.75 Å². The minimum atomic E-state index is 0. The molecule has 3 heteroatoms. The summed E-state index contributed by atoms with van der Waals surface area (Å²) < 4.78 is 5.45. The van der Waals surface area contributed by atoms with Crippen molar-refractivity contribution in [3.05, 3.63) is 29.8 Å². The molecule has 13 heavy (non-hydrogen) atoms. The summed E-state index contributed by atoms with van der Waals surface area (Å²) in [6.07, 6.45) is 0. The molecule has 0 fully saturated rings. The van der Waals surface area contributed by atoms with Crippen molar-refractivity contribution in [3.63, 3.8) is 0 Å². The molecule has 2 nitrogen and oxygen atoms in total. The van der Waals surface area contributed by atoms with E-state index in [4.69, 9.17) is 4.74 Å². The van der Waals surface area contributed by atoms with Gasteiger partial charge in [0.2, 0.25) is 0 Å². The Morgan fingerprint density at radius 2 is 2.00 bits per heavy atom. The van der Waals surface area contributed by atoms with Gasteiger partial charge in [0.05, 0.1) is 6.61 Å². The highest BCUT2D eigenvalue weighted by Crippen LogP contribution is 2.16.